The quantitative estimate of drug-likeness (QED) is 0.172. The summed E-state index contributed by atoms with van der Waals surface area (Å²) in [5.41, 5.74) is 1.13. The first-order valence-electron chi connectivity index (χ1n) is 11.6. The number of rotatable bonds is 4. The Balaban J connectivity index is 0.000000221. The van der Waals surface area contributed by atoms with Crippen LogP contribution < -0.4 is 24.8 Å². The zero-order valence-corrected chi connectivity index (χ0v) is 24.4. The molecule has 2 nitrogen and oxygen atoms in total. The number of fused-ring (bicyclic) bond motifs is 3. The molecule has 0 aliphatic carbocycles. The fraction of sp³-hybridized carbons (Fsp3) is 0. The predicted octanol–water partition coefficient (Wildman–Crippen LogP) is 1.60. The van der Waals surface area contributed by atoms with E-state index in [4.69, 9.17) is 0 Å². The minimum Gasteiger partial charge on any atom is -1.00 e. The topological polar surface area (TPSA) is 34.1 Å². The Morgan fingerprint density at radius 1 is 0.500 bits per heavy atom. The van der Waals surface area contributed by atoms with Gasteiger partial charge in [-0.15, -0.1) is 39.7 Å². The largest absolute Gasteiger partial charge is 1.00 e. The monoisotopic (exact) mass is 612 g/mol. The van der Waals surface area contributed by atoms with Gasteiger partial charge < -0.3 is 24.8 Å². The second-order valence-corrected chi connectivity index (χ2v) is 9.28. The summed E-state index contributed by atoms with van der Waals surface area (Å²) < 4.78 is 0.333. The standard InChI is InChI=1S/C15H10O2.C13H9.C5H5.2ClH.Zr/c16-14(12-7-3-1-4-8-12)11-15(17)13-9-5-2-6-10-13;1-3-7-12-10(5-1)9-11-6-2-4-8-13(11)12;1-2-4-5-3-1;;;/h1-10H;1-9H;1-5H;2*1H;/q;2*-1;;;+2/p-2. The molecular formula is C33H24Cl2O2Zr-2. The Bertz CT molecular complexity index is 1450. The van der Waals surface area contributed by atoms with Crippen LogP contribution in [0.2, 0.25) is 0 Å². The Morgan fingerprint density at radius 2 is 0.868 bits per heavy atom. The van der Waals surface area contributed by atoms with Gasteiger partial charge in [-0.1, -0.05) is 36.4 Å². The van der Waals surface area contributed by atoms with Crippen molar-refractivity contribution in [1.82, 2.24) is 0 Å². The van der Waals surface area contributed by atoms with E-state index in [9.17, 15) is 9.59 Å². The number of hydrogen-bond donors (Lipinski definition) is 0. The van der Waals surface area contributed by atoms with Crippen LogP contribution in [-0.2, 0) is 24.2 Å². The molecule has 0 N–H and O–H groups in total. The third kappa shape index (κ3) is 8.14. The van der Waals surface area contributed by atoms with E-state index in [2.05, 4.69) is 54.6 Å². The second kappa shape index (κ2) is 15.9. The first-order chi connectivity index (χ1) is 17.6. The first kappa shape index (κ1) is 31.0. The minimum atomic E-state index is -0.178. The van der Waals surface area contributed by atoms with E-state index < -0.39 is 0 Å². The number of Topliss-reactive ketones (excluding diaryl/α,β-unsaturated/α-hetero) is 2. The average Bonchev–Trinajstić information content (AvgIpc) is 3.65. The van der Waals surface area contributed by atoms with E-state index in [0.29, 0.717) is 14.3 Å². The predicted molar refractivity (Wildman–Crippen MR) is 146 cm³/mol. The third-order valence-corrected chi connectivity index (χ3v) is 6.72. The van der Waals surface area contributed by atoms with Crippen molar-refractivity contribution in [2.45, 2.75) is 0 Å². The molecular weight excluding hydrogens is 590 g/mol. The molecule has 0 atom stereocenters. The maximum absolute atomic E-state index is 12.1. The van der Waals surface area contributed by atoms with E-state index in [-0.39, 0.29) is 36.4 Å². The van der Waals surface area contributed by atoms with Crippen LogP contribution in [-0.4, -0.2) is 14.8 Å². The molecule has 0 heterocycles. The van der Waals surface area contributed by atoms with Crippen LogP contribution in [0.3, 0.4) is 0 Å². The van der Waals surface area contributed by atoms with Gasteiger partial charge >= 0.3 is 120 Å². The Morgan fingerprint density at radius 3 is 1.24 bits per heavy atom. The van der Waals surface area contributed by atoms with Crippen molar-refractivity contribution in [2.24, 2.45) is 0 Å². The van der Waals surface area contributed by atoms with E-state index >= 15 is 0 Å². The van der Waals surface area contributed by atoms with Crippen molar-refractivity contribution in [2.75, 3.05) is 0 Å². The van der Waals surface area contributed by atoms with Gasteiger partial charge in [-0.05, 0) is 0 Å². The molecule has 6 aromatic carbocycles. The maximum atomic E-state index is 12.1. The van der Waals surface area contributed by atoms with Crippen molar-refractivity contribution >= 4 is 36.3 Å². The van der Waals surface area contributed by atoms with Crippen LogP contribution in [0.15, 0.2) is 146 Å². The summed E-state index contributed by atoms with van der Waals surface area (Å²) in [7, 11) is 0. The molecule has 0 fully saturated rings. The molecule has 0 saturated heterocycles. The molecule has 0 saturated carbocycles. The zero-order chi connectivity index (χ0) is 25.2. The van der Waals surface area contributed by atoms with Crippen LogP contribution in [0.25, 0.3) is 21.5 Å². The van der Waals surface area contributed by atoms with Crippen LogP contribution in [0.5, 0.6) is 0 Å². The number of hydrogen-bond acceptors (Lipinski definition) is 2. The summed E-state index contributed by atoms with van der Waals surface area (Å²) >= 11 is 0.842. The molecule has 5 heteroatoms. The number of carbonyl (C=O) groups is 2. The average molecular weight is 615 g/mol. The molecule has 0 aromatic heterocycles. The molecule has 188 valence electrons. The molecule has 0 aliphatic heterocycles. The van der Waals surface area contributed by atoms with Gasteiger partial charge in [-0.3, -0.25) is 0 Å². The smallest absolute Gasteiger partial charge is 0.0771 e. The molecule has 0 radical (unpaired) electrons. The van der Waals surface area contributed by atoms with Gasteiger partial charge in [0.2, 0.25) is 0 Å². The summed E-state index contributed by atoms with van der Waals surface area (Å²) in [4.78, 5) is 24.2. The maximum Gasteiger partial charge on any atom is -0.0771 e. The molecule has 0 spiro atoms. The van der Waals surface area contributed by atoms with Gasteiger partial charge in [-0.2, -0.15) is 18.2 Å². The number of halogens is 2. The molecule has 6 aromatic rings. The van der Waals surface area contributed by atoms with E-state index in [1.54, 1.807) is 48.5 Å². The Hall–Kier alpha value is -3.23. The zero-order valence-electron chi connectivity index (χ0n) is 20.4. The van der Waals surface area contributed by atoms with Gasteiger partial charge in [0.1, 0.15) is 0 Å². The first-order valence-corrected chi connectivity index (χ1v) is 12.9. The fourth-order valence-electron chi connectivity index (χ4n) is 3.80. The summed E-state index contributed by atoms with van der Waals surface area (Å²) in [5.74, 6) is -0.356. The van der Waals surface area contributed by atoms with Crippen LogP contribution in [0.4, 0.5) is 0 Å². The molecule has 38 heavy (non-hydrogen) atoms. The van der Waals surface area contributed by atoms with Crippen LogP contribution in [0, 0.1) is 0 Å². The van der Waals surface area contributed by atoms with Gasteiger partial charge in [0, 0.05) is 0 Å². The molecule has 0 amide bonds. The van der Waals surface area contributed by atoms with E-state index in [1.165, 1.54) is 21.5 Å². The normalized spacial score (nSPS) is 9.53. The van der Waals surface area contributed by atoms with E-state index in [1.807, 2.05) is 42.5 Å². The summed E-state index contributed by atoms with van der Waals surface area (Å²) in [5, 5.41) is 5.39. The Labute approximate surface area is 250 Å². The van der Waals surface area contributed by atoms with Crippen LogP contribution in [0.1, 0.15) is 20.7 Å². The molecule has 0 bridgehead atoms. The molecule has 6 rings (SSSR count). The van der Waals surface area contributed by atoms with E-state index in [0.717, 1.165) is 24.2 Å². The van der Waals surface area contributed by atoms with Gasteiger partial charge in [-0.25, -0.2) is 12.1 Å². The summed E-state index contributed by atoms with van der Waals surface area (Å²) in [6.07, 6.45) is 0. The minimum absolute atomic E-state index is 0. The van der Waals surface area contributed by atoms with Crippen molar-refractivity contribution in [3.8, 4) is 0 Å². The molecule has 0 unspecified atom stereocenters. The third-order valence-electron chi connectivity index (χ3n) is 5.60. The van der Waals surface area contributed by atoms with Crippen molar-refractivity contribution in [1.29, 1.82) is 0 Å². The van der Waals surface area contributed by atoms with Gasteiger partial charge in [0.15, 0.2) is 0 Å². The number of benzene rings is 4. The summed E-state index contributed by atoms with van der Waals surface area (Å²) in [6, 6.07) is 47.1. The van der Waals surface area contributed by atoms with Gasteiger partial charge in [0.05, 0.1) is 0 Å². The number of carbonyl (C=O) groups excluding carboxylic acids is 2. The van der Waals surface area contributed by atoms with Crippen LogP contribution >= 0.6 is 0 Å². The SMILES string of the molecule is O=C([C](=[Zr+2])C(=O)c1ccccc1)c1ccccc1.[Cl-].[Cl-].c1cc[cH-]c1.c1ccc2c(c1)[cH-]c1ccccc12. The van der Waals surface area contributed by atoms with Crippen molar-refractivity contribution < 1.29 is 58.6 Å². The molecule has 0 aliphatic rings. The summed E-state index contributed by atoms with van der Waals surface area (Å²) in [6.45, 7) is 0. The number of ketones is 2. The fourth-order valence-corrected chi connectivity index (χ4v) is 4.51. The Kier molecular flexibility index (Phi) is 13.0. The second-order valence-electron chi connectivity index (χ2n) is 8.05. The van der Waals surface area contributed by atoms with Crippen molar-refractivity contribution in [3.05, 3.63) is 157 Å². The van der Waals surface area contributed by atoms with Crippen molar-refractivity contribution in [3.63, 3.8) is 0 Å². The van der Waals surface area contributed by atoms with Gasteiger partial charge in [0.25, 0.3) is 0 Å².